The van der Waals surface area contributed by atoms with Gasteiger partial charge in [-0.25, -0.2) is 9.97 Å². The number of nitrogens with one attached hydrogen (secondary N) is 1. The minimum absolute atomic E-state index is 0.0668. The molecule has 1 fully saturated rings. The second-order valence-corrected chi connectivity index (χ2v) is 4.34. The minimum Gasteiger partial charge on any atom is -0.376 e. The Kier molecular flexibility index (Phi) is 4.15. The fourth-order valence-corrected chi connectivity index (χ4v) is 1.84. The lowest BCUT2D eigenvalue weighted by Crippen LogP contribution is -2.34. The summed E-state index contributed by atoms with van der Waals surface area (Å²) in [6.07, 6.45) is 0.0668. The summed E-state index contributed by atoms with van der Waals surface area (Å²) < 4.78 is 10.9. The van der Waals surface area contributed by atoms with Crippen LogP contribution >= 0.6 is 11.6 Å². The highest BCUT2D eigenvalue weighted by atomic mass is 35.5. The summed E-state index contributed by atoms with van der Waals surface area (Å²) in [5.74, 6) is 1.42. The Labute approximate surface area is 105 Å². The molecule has 0 aliphatic carbocycles. The molecule has 6 heteroatoms. The molecule has 5 nitrogen and oxygen atoms in total. The average molecular weight is 258 g/mol. The maximum atomic E-state index is 5.99. The zero-order valence-corrected chi connectivity index (χ0v) is 10.8. The van der Waals surface area contributed by atoms with E-state index >= 15 is 0 Å². The lowest BCUT2D eigenvalue weighted by atomic mass is 10.3. The third-order valence-corrected chi connectivity index (χ3v) is 2.95. The van der Waals surface area contributed by atoms with Crippen molar-refractivity contribution in [3.8, 4) is 0 Å². The van der Waals surface area contributed by atoms with E-state index in [0.717, 1.165) is 11.4 Å². The molecule has 2 heterocycles. The van der Waals surface area contributed by atoms with Crippen molar-refractivity contribution in [2.45, 2.75) is 20.0 Å². The van der Waals surface area contributed by atoms with E-state index in [9.17, 15) is 0 Å². The van der Waals surface area contributed by atoms with Gasteiger partial charge in [0.25, 0.3) is 0 Å². The highest BCUT2D eigenvalue weighted by molar-refractivity contribution is 6.30. The van der Waals surface area contributed by atoms with E-state index in [1.54, 1.807) is 0 Å². The molecular formula is C11H16ClN3O2. The molecule has 0 amide bonds. The molecule has 1 N–H and O–H groups in total. The van der Waals surface area contributed by atoms with E-state index in [2.05, 4.69) is 15.3 Å². The Morgan fingerprint density at radius 1 is 1.35 bits per heavy atom. The zero-order valence-electron chi connectivity index (χ0n) is 9.99. The molecule has 1 aliphatic rings. The summed E-state index contributed by atoms with van der Waals surface area (Å²) in [4.78, 5) is 8.40. The molecule has 1 saturated heterocycles. The summed E-state index contributed by atoms with van der Waals surface area (Å²) in [6.45, 7) is 6.30. The van der Waals surface area contributed by atoms with Crippen molar-refractivity contribution in [2.24, 2.45) is 0 Å². The zero-order chi connectivity index (χ0) is 12.3. The number of hydrogen-bond donors (Lipinski definition) is 1. The lowest BCUT2D eigenvalue weighted by molar-refractivity contribution is -0.0819. The third kappa shape index (κ3) is 3.28. The number of ether oxygens (including phenoxy) is 2. The van der Waals surface area contributed by atoms with Crippen molar-refractivity contribution >= 4 is 17.4 Å². The molecule has 0 saturated carbocycles. The second kappa shape index (κ2) is 5.62. The van der Waals surface area contributed by atoms with Gasteiger partial charge in [0, 0.05) is 12.1 Å². The second-order valence-electron chi connectivity index (χ2n) is 3.98. The van der Waals surface area contributed by atoms with Gasteiger partial charge < -0.3 is 14.8 Å². The topological polar surface area (TPSA) is 56.3 Å². The van der Waals surface area contributed by atoms with E-state index in [0.29, 0.717) is 37.3 Å². The third-order valence-electron chi connectivity index (χ3n) is 2.58. The SMILES string of the molecule is Cc1nc(Cl)c(C)c(NCC2COCCO2)n1. The molecule has 94 valence electrons. The van der Waals surface area contributed by atoms with Crippen LogP contribution in [0, 0.1) is 13.8 Å². The van der Waals surface area contributed by atoms with E-state index < -0.39 is 0 Å². The summed E-state index contributed by atoms with van der Waals surface area (Å²) >= 11 is 5.99. The van der Waals surface area contributed by atoms with Crippen LogP contribution in [0.4, 0.5) is 5.82 Å². The Morgan fingerprint density at radius 2 is 2.18 bits per heavy atom. The van der Waals surface area contributed by atoms with Crippen LogP contribution in [0.3, 0.4) is 0 Å². The van der Waals surface area contributed by atoms with Crippen molar-refractivity contribution in [3.63, 3.8) is 0 Å². The molecule has 2 rings (SSSR count). The van der Waals surface area contributed by atoms with Gasteiger partial charge in [-0.1, -0.05) is 11.6 Å². The fraction of sp³-hybridized carbons (Fsp3) is 0.636. The normalized spacial score (nSPS) is 20.3. The van der Waals surface area contributed by atoms with Crippen molar-refractivity contribution in [1.29, 1.82) is 0 Å². The van der Waals surface area contributed by atoms with Gasteiger partial charge in [-0.3, -0.25) is 0 Å². The Morgan fingerprint density at radius 3 is 2.88 bits per heavy atom. The van der Waals surface area contributed by atoms with Crippen LogP contribution in [0.15, 0.2) is 0 Å². The van der Waals surface area contributed by atoms with Gasteiger partial charge in [-0.2, -0.15) is 0 Å². The number of nitrogens with zero attached hydrogens (tertiary/aromatic N) is 2. The van der Waals surface area contributed by atoms with E-state index in [-0.39, 0.29) is 6.10 Å². The Balaban J connectivity index is 1.98. The van der Waals surface area contributed by atoms with Gasteiger partial charge in [-0.15, -0.1) is 0 Å². The number of aryl methyl sites for hydroxylation is 1. The summed E-state index contributed by atoms with van der Waals surface area (Å²) in [5, 5.41) is 3.71. The van der Waals surface area contributed by atoms with Gasteiger partial charge in [0.2, 0.25) is 0 Å². The number of aromatic nitrogens is 2. The smallest absolute Gasteiger partial charge is 0.137 e. The van der Waals surface area contributed by atoms with Crippen LogP contribution in [0.1, 0.15) is 11.4 Å². The van der Waals surface area contributed by atoms with Crippen LogP contribution in [0.25, 0.3) is 0 Å². The molecule has 1 aliphatic heterocycles. The molecule has 1 unspecified atom stereocenters. The molecule has 1 aromatic heterocycles. The van der Waals surface area contributed by atoms with Crippen molar-refractivity contribution in [2.75, 3.05) is 31.7 Å². The minimum atomic E-state index is 0.0668. The quantitative estimate of drug-likeness (QED) is 0.833. The van der Waals surface area contributed by atoms with Crippen LogP contribution in [0.2, 0.25) is 5.15 Å². The first-order chi connectivity index (χ1) is 8.16. The Hall–Kier alpha value is -0.910. The van der Waals surface area contributed by atoms with E-state index in [4.69, 9.17) is 21.1 Å². The molecule has 0 bridgehead atoms. The predicted octanol–water partition coefficient (Wildman–Crippen LogP) is 1.57. The molecule has 1 aromatic rings. The molecule has 1 atom stereocenters. The van der Waals surface area contributed by atoms with Crippen LogP contribution < -0.4 is 5.32 Å². The summed E-state index contributed by atoms with van der Waals surface area (Å²) in [7, 11) is 0. The van der Waals surface area contributed by atoms with Gasteiger partial charge in [0.1, 0.15) is 16.8 Å². The van der Waals surface area contributed by atoms with Gasteiger partial charge >= 0.3 is 0 Å². The molecule has 0 aromatic carbocycles. The highest BCUT2D eigenvalue weighted by Gasteiger charge is 2.15. The van der Waals surface area contributed by atoms with Gasteiger partial charge in [0.05, 0.1) is 25.9 Å². The molecule has 0 radical (unpaired) electrons. The predicted molar refractivity (Wildman–Crippen MR) is 65.6 cm³/mol. The van der Waals surface area contributed by atoms with Gasteiger partial charge in [0.15, 0.2) is 0 Å². The average Bonchev–Trinajstić information content (AvgIpc) is 2.33. The molecular weight excluding hydrogens is 242 g/mol. The van der Waals surface area contributed by atoms with Gasteiger partial charge in [-0.05, 0) is 13.8 Å². The monoisotopic (exact) mass is 257 g/mol. The maximum absolute atomic E-state index is 5.99. The molecule has 0 spiro atoms. The lowest BCUT2D eigenvalue weighted by Gasteiger charge is -2.23. The molecule has 17 heavy (non-hydrogen) atoms. The number of rotatable bonds is 3. The first kappa shape index (κ1) is 12.5. The number of halogens is 1. The number of anilines is 1. The largest absolute Gasteiger partial charge is 0.376 e. The first-order valence-electron chi connectivity index (χ1n) is 5.61. The first-order valence-corrected chi connectivity index (χ1v) is 5.98. The van der Waals surface area contributed by atoms with Crippen molar-refractivity contribution < 1.29 is 9.47 Å². The summed E-state index contributed by atoms with van der Waals surface area (Å²) in [5.41, 5.74) is 0.856. The van der Waals surface area contributed by atoms with Crippen LogP contribution in [0.5, 0.6) is 0 Å². The van der Waals surface area contributed by atoms with Crippen molar-refractivity contribution in [3.05, 3.63) is 16.5 Å². The highest BCUT2D eigenvalue weighted by Crippen LogP contribution is 2.19. The van der Waals surface area contributed by atoms with Crippen LogP contribution in [-0.4, -0.2) is 42.4 Å². The summed E-state index contributed by atoms with van der Waals surface area (Å²) in [6, 6.07) is 0. The van der Waals surface area contributed by atoms with E-state index in [1.165, 1.54) is 0 Å². The van der Waals surface area contributed by atoms with Crippen LogP contribution in [-0.2, 0) is 9.47 Å². The van der Waals surface area contributed by atoms with Crippen molar-refractivity contribution in [1.82, 2.24) is 9.97 Å². The maximum Gasteiger partial charge on any atom is 0.137 e. The number of hydrogen-bond acceptors (Lipinski definition) is 5. The fourth-order valence-electron chi connectivity index (χ4n) is 1.63. The standard InChI is InChI=1S/C11H16ClN3O2/c1-7-10(12)14-8(2)15-11(7)13-5-9-6-16-3-4-17-9/h9H,3-6H2,1-2H3,(H,13,14,15). The van der Waals surface area contributed by atoms with E-state index in [1.807, 2.05) is 13.8 Å². The Bertz CT molecular complexity index is 395.